The molecule has 0 radical (unpaired) electrons. The third kappa shape index (κ3) is 4.32. The van der Waals surface area contributed by atoms with Crippen LogP contribution in [0.2, 0.25) is 10.0 Å². The SMILES string of the molecule is COc1ccccc1Nc1nc(C)cc(Nc2ccc(Cl)cc2Cl)n1. The minimum Gasteiger partial charge on any atom is -0.495 e. The van der Waals surface area contributed by atoms with Gasteiger partial charge in [0, 0.05) is 16.8 Å². The molecule has 0 unspecified atom stereocenters. The highest BCUT2D eigenvalue weighted by molar-refractivity contribution is 6.36. The molecule has 3 aromatic rings. The van der Waals surface area contributed by atoms with E-state index in [1.165, 1.54) is 0 Å². The monoisotopic (exact) mass is 374 g/mol. The van der Waals surface area contributed by atoms with E-state index in [2.05, 4.69) is 20.6 Å². The number of ether oxygens (including phenoxy) is 1. The first kappa shape index (κ1) is 17.3. The van der Waals surface area contributed by atoms with Crippen LogP contribution in [0.25, 0.3) is 0 Å². The van der Waals surface area contributed by atoms with Gasteiger partial charge in [-0.25, -0.2) is 4.98 Å². The van der Waals surface area contributed by atoms with E-state index in [1.54, 1.807) is 25.3 Å². The van der Waals surface area contributed by atoms with Crippen molar-refractivity contribution in [1.82, 2.24) is 9.97 Å². The Labute approximate surface area is 156 Å². The molecule has 0 bridgehead atoms. The summed E-state index contributed by atoms with van der Waals surface area (Å²) in [7, 11) is 1.62. The highest BCUT2D eigenvalue weighted by atomic mass is 35.5. The van der Waals surface area contributed by atoms with Crippen LogP contribution in [0.1, 0.15) is 5.69 Å². The number of rotatable bonds is 5. The molecule has 7 heteroatoms. The van der Waals surface area contributed by atoms with Gasteiger partial charge in [-0.3, -0.25) is 0 Å². The molecular formula is C18H16Cl2N4O. The minimum atomic E-state index is 0.456. The summed E-state index contributed by atoms with van der Waals surface area (Å²) in [6.45, 7) is 1.89. The maximum Gasteiger partial charge on any atom is 0.229 e. The number of aromatic nitrogens is 2. The third-order valence-electron chi connectivity index (χ3n) is 3.40. The lowest BCUT2D eigenvalue weighted by Crippen LogP contribution is -2.03. The number of benzene rings is 2. The first-order chi connectivity index (χ1) is 12.0. The average Bonchev–Trinajstić information content (AvgIpc) is 2.57. The Balaban J connectivity index is 1.87. The molecule has 0 aliphatic rings. The van der Waals surface area contributed by atoms with Gasteiger partial charge < -0.3 is 15.4 Å². The predicted octanol–water partition coefficient (Wildman–Crippen LogP) is 5.59. The Morgan fingerprint density at radius 3 is 2.48 bits per heavy atom. The normalized spacial score (nSPS) is 10.4. The van der Waals surface area contributed by atoms with Gasteiger partial charge in [0.05, 0.1) is 23.5 Å². The van der Waals surface area contributed by atoms with Crippen molar-refractivity contribution >= 4 is 46.3 Å². The summed E-state index contributed by atoms with van der Waals surface area (Å²) in [5.74, 6) is 1.79. The molecule has 1 heterocycles. The molecule has 0 saturated heterocycles. The minimum absolute atomic E-state index is 0.456. The summed E-state index contributed by atoms with van der Waals surface area (Å²) < 4.78 is 5.34. The van der Waals surface area contributed by atoms with E-state index in [9.17, 15) is 0 Å². The fraction of sp³-hybridized carbons (Fsp3) is 0.111. The van der Waals surface area contributed by atoms with Gasteiger partial charge in [-0.2, -0.15) is 4.98 Å². The molecule has 0 atom stereocenters. The molecule has 0 amide bonds. The van der Waals surface area contributed by atoms with Crippen LogP contribution < -0.4 is 15.4 Å². The summed E-state index contributed by atoms with van der Waals surface area (Å²) >= 11 is 12.1. The Morgan fingerprint density at radius 2 is 1.72 bits per heavy atom. The van der Waals surface area contributed by atoms with Gasteiger partial charge in [-0.05, 0) is 37.3 Å². The summed E-state index contributed by atoms with van der Waals surface area (Å²) in [5.41, 5.74) is 2.30. The Hall–Kier alpha value is -2.50. The van der Waals surface area contributed by atoms with Crippen molar-refractivity contribution in [1.29, 1.82) is 0 Å². The van der Waals surface area contributed by atoms with Crippen LogP contribution in [0, 0.1) is 6.92 Å². The van der Waals surface area contributed by atoms with E-state index in [-0.39, 0.29) is 0 Å². The third-order valence-corrected chi connectivity index (χ3v) is 3.95. The second-order valence-corrected chi connectivity index (χ2v) is 6.14. The second-order valence-electron chi connectivity index (χ2n) is 5.29. The van der Waals surface area contributed by atoms with Crippen molar-refractivity contribution in [2.24, 2.45) is 0 Å². The van der Waals surface area contributed by atoms with E-state index in [0.29, 0.717) is 33.2 Å². The molecule has 0 aliphatic carbocycles. The standard InChI is InChI=1S/C18H16Cl2N4O/c1-11-9-17(22-14-8-7-12(19)10-13(14)20)24-18(21-11)23-15-5-3-4-6-16(15)25-2/h3-10H,1-2H3,(H2,21,22,23,24). The van der Waals surface area contributed by atoms with Crippen LogP contribution in [0.4, 0.5) is 23.1 Å². The summed E-state index contributed by atoms with van der Waals surface area (Å²) in [4.78, 5) is 8.89. The van der Waals surface area contributed by atoms with Crippen molar-refractivity contribution in [3.63, 3.8) is 0 Å². The van der Waals surface area contributed by atoms with Gasteiger partial charge >= 0.3 is 0 Å². The Bertz CT molecular complexity index is 902. The number of aryl methyl sites for hydroxylation is 1. The zero-order valence-corrected chi connectivity index (χ0v) is 15.2. The molecule has 25 heavy (non-hydrogen) atoms. The van der Waals surface area contributed by atoms with E-state index in [1.807, 2.05) is 37.3 Å². The van der Waals surface area contributed by atoms with Gasteiger partial charge in [-0.1, -0.05) is 35.3 Å². The van der Waals surface area contributed by atoms with Crippen molar-refractivity contribution < 1.29 is 4.74 Å². The number of nitrogens with one attached hydrogen (secondary N) is 2. The van der Waals surface area contributed by atoms with Gasteiger partial charge in [0.15, 0.2) is 0 Å². The number of halogens is 2. The summed E-state index contributed by atoms with van der Waals surface area (Å²) in [6, 6.07) is 14.6. The molecule has 0 fully saturated rings. The maximum atomic E-state index is 6.21. The van der Waals surface area contributed by atoms with Crippen LogP contribution in [-0.2, 0) is 0 Å². The molecule has 3 rings (SSSR count). The van der Waals surface area contributed by atoms with Crippen molar-refractivity contribution in [3.05, 3.63) is 64.3 Å². The van der Waals surface area contributed by atoms with Crippen LogP contribution in [0.3, 0.4) is 0 Å². The summed E-state index contributed by atoms with van der Waals surface area (Å²) in [5, 5.41) is 7.45. The van der Waals surface area contributed by atoms with Crippen molar-refractivity contribution in [2.45, 2.75) is 6.92 Å². The number of hydrogen-bond acceptors (Lipinski definition) is 5. The number of methoxy groups -OCH3 is 1. The molecule has 2 aromatic carbocycles. The summed E-state index contributed by atoms with van der Waals surface area (Å²) in [6.07, 6.45) is 0. The van der Waals surface area contributed by atoms with Gasteiger partial charge in [0.1, 0.15) is 11.6 Å². The molecule has 0 spiro atoms. The molecule has 2 N–H and O–H groups in total. The quantitative estimate of drug-likeness (QED) is 0.609. The number of nitrogens with zero attached hydrogens (tertiary/aromatic N) is 2. The lowest BCUT2D eigenvalue weighted by atomic mass is 10.3. The lowest BCUT2D eigenvalue weighted by Gasteiger charge is -2.12. The van der Waals surface area contributed by atoms with Gasteiger partial charge in [0.25, 0.3) is 0 Å². The van der Waals surface area contributed by atoms with E-state index in [0.717, 1.165) is 11.4 Å². The number of para-hydroxylation sites is 2. The van der Waals surface area contributed by atoms with Gasteiger partial charge in [0.2, 0.25) is 5.95 Å². The lowest BCUT2D eigenvalue weighted by molar-refractivity contribution is 0.417. The average molecular weight is 375 g/mol. The molecule has 128 valence electrons. The molecule has 0 aliphatic heterocycles. The maximum absolute atomic E-state index is 6.21. The van der Waals surface area contributed by atoms with Crippen LogP contribution >= 0.6 is 23.2 Å². The zero-order valence-electron chi connectivity index (χ0n) is 13.7. The number of hydrogen-bond donors (Lipinski definition) is 2. The van der Waals surface area contributed by atoms with Crippen LogP contribution in [-0.4, -0.2) is 17.1 Å². The topological polar surface area (TPSA) is 59.1 Å². The first-order valence-electron chi connectivity index (χ1n) is 7.53. The van der Waals surface area contributed by atoms with Crippen molar-refractivity contribution in [3.8, 4) is 5.75 Å². The van der Waals surface area contributed by atoms with Crippen LogP contribution in [0.15, 0.2) is 48.5 Å². The van der Waals surface area contributed by atoms with Crippen LogP contribution in [0.5, 0.6) is 5.75 Å². The molecule has 5 nitrogen and oxygen atoms in total. The van der Waals surface area contributed by atoms with E-state index < -0.39 is 0 Å². The molecular weight excluding hydrogens is 359 g/mol. The fourth-order valence-electron chi connectivity index (χ4n) is 2.29. The first-order valence-corrected chi connectivity index (χ1v) is 8.28. The van der Waals surface area contributed by atoms with Crippen molar-refractivity contribution in [2.75, 3.05) is 17.7 Å². The smallest absolute Gasteiger partial charge is 0.229 e. The van der Waals surface area contributed by atoms with E-state index >= 15 is 0 Å². The Morgan fingerprint density at radius 1 is 0.920 bits per heavy atom. The van der Waals surface area contributed by atoms with Gasteiger partial charge in [-0.15, -0.1) is 0 Å². The molecule has 1 aromatic heterocycles. The fourth-order valence-corrected chi connectivity index (χ4v) is 2.74. The highest BCUT2D eigenvalue weighted by Gasteiger charge is 2.08. The Kier molecular flexibility index (Phi) is 5.26. The zero-order chi connectivity index (χ0) is 17.8. The molecule has 0 saturated carbocycles. The largest absolute Gasteiger partial charge is 0.495 e. The number of anilines is 4. The second kappa shape index (κ2) is 7.59. The highest BCUT2D eigenvalue weighted by Crippen LogP contribution is 2.29. The van der Waals surface area contributed by atoms with E-state index in [4.69, 9.17) is 27.9 Å². The predicted molar refractivity (Wildman–Crippen MR) is 103 cm³/mol.